The second-order valence-corrected chi connectivity index (χ2v) is 6.98. The summed E-state index contributed by atoms with van der Waals surface area (Å²) in [6.07, 6.45) is -0.650. The summed E-state index contributed by atoms with van der Waals surface area (Å²) in [5.41, 5.74) is 0.298. The third kappa shape index (κ3) is 4.50. The van der Waals surface area contributed by atoms with Gasteiger partial charge in [-0.3, -0.25) is 0 Å². The maximum atomic E-state index is 13.8. The van der Waals surface area contributed by atoms with Gasteiger partial charge in [-0.05, 0) is 29.8 Å². The van der Waals surface area contributed by atoms with Crippen molar-refractivity contribution in [2.45, 2.75) is 17.4 Å². The van der Waals surface area contributed by atoms with E-state index in [0.717, 1.165) is 12.1 Å². The first-order valence-corrected chi connectivity index (χ1v) is 8.95. The first kappa shape index (κ1) is 19.7. The zero-order valence-electron chi connectivity index (χ0n) is 14.1. The number of carboxylic acids is 1. The molecular weight excluding hydrogens is 365 g/mol. The van der Waals surface area contributed by atoms with Crippen LogP contribution in [0.2, 0.25) is 0 Å². The van der Waals surface area contributed by atoms with Crippen molar-refractivity contribution in [2.24, 2.45) is 0 Å². The van der Waals surface area contributed by atoms with Gasteiger partial charge in [-0.2, -0.15) is 0 Å². The van der Waals surface area contributed by atoms with Crippen molar-refractivity contribution in [1.29, 1.82) is 0 Å². The second kappa shape index (κ2) is 8.15. The Kier molecular flexibility index (Phi) is 6.17. The lowest BCUT2D eigenvalue weighted by atomic mass is 10.0. The Morgan fingerprint density at radius 3 is 2.38 bits per heavy atom. The van der Waals surface area contributed by atoms with Crippen LogP contribution in [0.4, 0.5) is 4.39 Å². The van der Waals surface area contributed by atoms with Gasteiger partial charge in [-0.25, -0.2) is 17.5 Å². The Morgan fingerprint density at radius 2 is 1.81 bits per heavy atom. The highest BCUT2D eigenvalue weighted by atomic mass is 32.2. The first-order chi connectivity index (χ1) is 12.3. The maximum absolute atomic E-state index is 13.8. The Balaban J connectivity index is 2.42. The molecule has 2 aromatic carbocycles. The van der Waals surface area contributed by atoms with Crippen molar-refractivity contribution < 1.29 is 32.2 Å². The molecule has 0 unspecified atom stereocenters. The van der Waals surface area contributed by atoms with E-state index in [9.17, 15) is 22.7 Å². The Morgan fingerprint density at radius 1 is 1.15 bits per heavy atom. The number of aliphatic carboxylic acids is 1. The second-order valence-electron chi connectivity index (χ2n) is 5.29. The van der Waals surface area contributed by atoms with Crippen molar-refractivity contribution in [3.8, 4) is 11.5 Å². The van der Waals surface area contributed by atoms with Crippen molar-refractivity contribution in [3.05, 3.63) is 53.8 Å². The SMILES string of the molecule is COc1ccc([C@H](CC(=O)[O-])NS(=O)(=O)c2ccccc2F)cc1OC. The molecule has 0 spiro atoms. The molecule has 0 saturated carbocycles. The summed E-state index contributed by atoms with van der Waals surface area (Å²) in [7, 11) is -1.49. The van der Waals surface area contributed by atoms with Crippen LogP contribution in [0.3, 0.4) is 0 Å². The van der Waals surface area contributed by atoms with Gasteiger partial charge >= 0.3 is 0 Å². The lowest BCUT2D eigenvalue weighted by molar-refractivity contribution is -0.306. The van der Waals surface area contributed by atoms with Crippen LogP contribution >= 0.6 is 0 Å². The molecule has 2 rings (SSSR count). The van der Waals surface area contributed by atoms with Crippen LogP contribution < -0.4 is 19.3 Å². The Hall–Kier alpha value is -2.65. The molecule has 7 nitrogen and oxygen atoms in total. The van der Waals surface area contributed by atoms with Crippen LogP contribution in [0.1, 0.15) is 18.0 Å². The summed E-state index contributed by atoms with van der Waals surface area (Å²) in [4.78, 5) is 10.5. The summed E-state index contributed by atoms with van der Waals surface area (Å²) >= 11 is 0. The van der Waals surface area contributed by atoms with Crippen LogP contribution in [-0.4, -0.2) is 28.6 Å². The number of carbonyl (C=O) groups is 1. The third-order valence-corrected chi connectivity index (χ3v) is 5.11. The maximum Gasteiger partial charge on any atom is 0.244 e. The molecule has 1 N–H and O–H groups in total. The van der Waals surface area contributed by atoms with Gasteiger partial charge < -0.3 is 19.4 Å². The molecule has 0 saturated heterocycles. The van der Waals surface area contributed by atoms with Gasteiger partial charge in [0.1, 0.15) is 10.7 Å². The average molecular weight is 382 g/mol. The van der Waals surface area contributed by atoms with E-state index in [1.165, 1.54) is 44.6 Å². The van der Waals surface area contributed by atoms with Crippen LogP contribution in [-0.2, 0) is 14.8 Å². The van der Waals surface area contributed by atoms with Gasteiger partial charge in [0.15, 0.2) is 11.5 Å². The van der Waals surface area contributed by atoms with Crippen LogP contribution in [0, 0.1) is 5.82 Å². The zero-order valence-corrected chi connectivity index (χ0v) is 14.9. The normalized spacial score (nSPS) is 12.4. The Bertz CT molecular complexity index is 900. The van der Waals surface area contributed by atoms with Crippen LogP contribution in [0.15, 0.2) is 47.4 Å². The predicted octanol–water partition coefficient (Wildman–Crippen LogP) is 1.00. The molecule has 1 atom stereocenters. The van der Waals surface area contributed by atoms with E-state index in [1.54, 1.807) is 0 Å². The van der Waals surface area contributed by atoms with E-state index in [0.29, 0.717) is 17.1 Å². The fourth-order valence-corrected chi connectivity index (χ4v) is 3.68. The molecular formula is C17H17FNO6S-. The number of methoxy groups -OCH3 is 2. The zero-order chi connectivity index (χ0) is 19.3. The number of hydrogen-bond acceptors (Lipinski definition) is 6. The van der Waals surface area contributed by atoms with E-state index in [-0.39, 0.29) is 0 Å². The number of benzene rings is 2. The smallest absolute Gasteiger partial charge is 0.244 e. The average Bonchev–Trinajstić information content (AvgIpc) is 2.60. The van der Waals surface area contributed by atoms with Gasteiger partial charge in [0.05, 0.1) is 20.3 Å². The molecule has 2 aromatic rings. The molecule has 140 valence electrons. The standard InChI is InChI=1S/C17H18FNO6S/c1-24-14-8-7-11(9-15(14)25-2)13(10-17(20)21)19-26(22,23)16-6-4-3-5-12(16)18/h3-9,13,19H,10H2,1-2H3,(H,20,21)/p-1/t13-/m0/s1. The highest BCUT2D eigenvalue weighted by Gasteiger charge is 2.25. The van der Waals surface area contributed by atoms with E-state index in [2.05, 4.69) is 4.72 Å². The molecule has 0 bridgehead atoms. The molecule has 0 aliphatic rings. The number of halogens is 1. The van der Waals surface area contributed by atoms with Crippen molar-refractivity contribution >= 4 is 16.0 Å². The highest BCUT2D eigenvalue weighted by Crippen LogP contribution is 2.31. The number of carbonyl (C=O) groups excluding carboxylic acids is 1. The van der Waals surface area contributed by atoms with Gasteiger partial charge in [0, 0.05) is 12.4 Å². The van der Waals surface area contributed by atoms with E-state index < -0.39 is 39.2 Å². The van der Waals surface area contributed by atoms with Gasteiger partial charge in [-0.15, -0.1) is 0 Å². The lowest BCUT2D eigenvalue weighted by Gasteiger charge is -2.21. The number of nitrogens with one attached hydrogen (secondary N) is 1. The minimum atomic E-state index is -4.31. The summed E-state index contributed by atoms with van der Waals surface area (Å²) in [6, 6.07) is 8.04. The highest BCUT2D eigenvalue weighted by molar-refractivity contribution is 7.89. The summed E-state index contributed by atoms with van der Waals surface area (Å²) in [5.74, 6) is -1.74. The number of rotatable bonds is 8. The van der Waals surface area contributed by atoms with Gasteiger partial charge in [0.2, 0.25) is 10.0 Å². The minimum Gasteiger partial charge on any atom is -0.550 e. The lowest BCUT2D eigenvalue weighted by Crippen LogP contribution is -2.34. The minimum absolute atomic E-state index is 0.290. The first-order valence-electron chi connectivity index (χ1n) is 7.47. The largest absolute Gasteiger partial charge is 0.550 e. The molecule has 9 heteroatoms. The van der Waals surface area contributed by atoms with Gasteiger partial charge in [0.25, 0.3) is 0 Å². The summed E-state index contributed by atoms with van der Waals surface area (Å²) in [5, 5.41) is 11.1. The monoisotopic (exact) mass is 382 g/mol. The fraction of sp³-hybridized carbons (Fsp3) is 0.235. The summed E-state index contributed by atoms with van der Waals surface area (Å²) < 4.78 is 51.2. The predicted molar refractivity (Wildman–Crippen MR) is 88.6 cm³/mol. The Labute approximate surface area is 150 Å². The van der Waals surface area contributed by atoms with E-state index >= 15 is 0 Å². The van der Waals surface area contributed by atoms with Crippen LogP contribution in [0.25, 0.3) is 0 Å². The topological polar surface area (TPSA) is 105 Å². The quantitative estimate of drug-likeness (QED) is 0.730. The molecule has 0 radical (unpaired) electrons. The number of ether oxygens (including phenoxy) is 2. The molecule has 0 fully saturated rings. The van der Waals surface area contributed by atoms with E-state index in [1.807, 2.05) is 0 Å². The molecule has 0 heterocycles. The van der Waals surface area contributed by atoms with Crippen molar-refractivity contribution in [1.82, 2.24) is 4.72 Å². The molecule has 0 aliphatic carbocycles. The summed E-state index contributed by atoms with van der Waals surface area (Å²) in [6.45, 7) is 0. The molecule has 0 aliphatic heterocycles. The third-order valence-electron chi connectivity index (χ3n) is 3.60. The van der Waals surface area contributed by atoms with Crippen molar-refractivity contribution in [3.63, 3.8) is 0 Å². The number of carboxylic acid groups (broad SMARTS) is 1. The number of sulfonamides is 1. The number of hydrogen-bond donors (Lipinski definition) is 1. The van der Waals surface area contributed by atoms with E-state index in [4.69, 9.17) is 9.47 Å². The fourth-order valence-electron chi connectivity index (χ4n) is 2.38. The molecule has 26 heavy (non-hydrogen) atoms. The van der Waals surface area contributed by atoms with Gasteiger partial charge in [-0.1, -0.05) is 18.2 Å². The van der Waals surface area contributed by atoms with Crippen molar-refractivity contribution in [2.75, 3.05) is 14.2 Å². The van der Waals surface area contributed by atoms with Crippen LogP contribution in [0.5, 0.6) is 11.5 Å². The molecule has 0 amide bonds. The molecule has 0 aromatic heterocycles.